The van der Waals surface area contributed by atoms with E-state index in [0.717, 1.165) is 36.6 Å². The number of aldehydes is 2. The second kappa shape index (κ2) is 3.46. The summed E-state index contributed by atoms with van der Waals surface area (Å²) in [5, 5.41) is 0. The van der Waals surface area contributed by atoms with E-state index in [1.165, 1.54) is 0 Å². The average molecular weight is 152 g/mol. The summed E-state index contributed by atoms with van der Waals surface area (Å²) in [4.78, 5) is 20.7. The highest BCUT2D eigenvalue weighted by atomic mass is 16.1. The molecular formula is C9H12O2. The lowest BCUT2D eigenvalue weighted by Crippen LogP contribution is -2.01. The van der Waals surface area contributed by atoms with Gasteiger partial charge in [0.1, 0.15) is 12.6 Å². The van der Waals surface area contributed by atoms with Crippen molar-refractivity contribution in [2.75, 3.05) is 0 Å². The van der Waals surface area contributed by atoms with Gasteiger partial charge in [-0.3, -0.25) is 4.79 Å². The highest BCUT2D eigenvalue weighted by Crippen LogP contribution is 2.31. The Kier molecular flexibility index (Phi) is 2.58. The van der Waals surface area contributed by atoms with E-state index in [-0.39, 0.29) is 5.92 Å². The van der Waals surface area contributed by atoms with E-state index in [0.29, 0.717) is 6.42 Å². The van der Waals surface area contributed by atoms with E-state index in [1.807, 2.05) is 6.92 Å². The zero-order valence-corrected chi connectivity index (χ0v) is 6.67. The smallest absolute Gasteiger partial charge is 0.146 e. The Bertz CT molecular complexity index is 204. The molecule has 2 heteroatoms. The first-order valence-corrected chi connectivity index (χ1v) is 3.88. The molecule has 0 aromatic carbocycles. The van der Waals surface area contributed by atoms with Gasteiger partial charge in [-0.05, 0) is 31.3 Å². The van der Waals surface area contributed by atoms with Gasteiger partial charge in [0, 0.05) is 6.42 Å². The van der Waals surface area contributed by atoms with Gasteiger partial charge in [0.15, 0.2) is 0 Å². The highest BCUT2D eigenvalue weighted by molar-refractivity contribution is 5.77. The van der Waals surface area contributed by atoms with Gasteiger partial charge < -0.3 is 4.79 Å². The normalized spacial score (nSPS) is 23.9. The summed E-state index contributed by atoms with van der Waals surface area (Å²) in [5.41, 5.74) is 2.02. The van der Waals surface area contributed by atoms with E-state index in [4.69, 9.17) is 0 Å². The van der Waals surface area contributed by atoms with Crippen LogP contribution in [0.2, 0.25) is 0 Å². The minimum Gasteiger partial charge on any atom is -0.303 e. The molecule has 0 aromatic heterocycles. The second-order valence-corrected chi connectivity index (χ2v) is 2.99. The minimum atomic E-state index is 0.213. The van der Waals surface area contributed by atoms with Crippen molar-refractivity contribution >= 4 is 12.6 Å². The molecule has 1 rings (SSSR count). The fourth-order valence-electron chi connectivity index (χ4n) is 1.60. The van der Waals surface area contributed by atoms with Crippen molar-refractivity contribution in [2.45, 2.75) is 26.2 Å². The summed E-state index contributed by atoms with van der Waals surface area (Å²) in [5.74, 6) is 0.213. The number of hydrogen-bond acceptors (Lipinski definition) is 2. The van der Waals surface area contributed by atoms with Crippen LogP contribution in [-0.4, -0.2) is 12.6 Å². The van der Waals surface area contributed by atoms with Gasteiger partial charge in [-0.2, -0.15) is 0 Å². The molecule has 2 nitrogen and oxygen atoms in total. The quantitative estimate of drug-likeness (QED) is 0.574. The van der Waals surface area contributed by atoms with Crippen LogP contribution in [0.4, 0.5) is 0 Å². The summed E-state index contributed by atoms with van der Waals surface area (Å²) < 4.78 is 0. The predicted molar refractivity (Wildman–Crippen MR) is 42.2 cm³/mol. The van der Waals surface area contributed by atoms with E-state index < -0.39 is 0 Å². The summed E-state index contributed by atoms with van der Waals surface area (Å²) in [7, 11) is 0. The maximum absolute atomic E-state index is 10.5. The van der Waals surface area contributed by atoms with Crippen LogP contribution in [0.15, 0.2) is 11.1 Å². The number of rotatable bonds is 3. The minimum absolute atomic E-state index is 0.213. The predicted octanol–water partition coefficient (Wildman–Crippen LogP) is 1.50. The number of carbonyl (C=O) groups excluding carboxylic acids is 2. The van der Waals surface area contributed by atoms with E-state index in [2.05, 4.69) is 0 Å². The second-order valence-electron chi connectivity index (χ2n) is 2.99. The molecule has 0 saturated carbocycles. The van der Waals surface area contributed by atoms with Crippen molar-refractivity contribution in [3.8, 4) is 0 Å². The van der Waals surface area contributed by atoms with Gasteiger partial charge in [-0.25, -0.2) is 0 Å². The van der Waals surface area contributed by atoms with Crippen LogP contribution >= 0.6 is 0 Å². The Morgan fingerprint density at radius 1 is 1.55 bits per heavy atom. The molecule has 0 fully saturated rings. The molecule has 0 aromatic rings. The molecule has 60 valence electrons. The van der Waals surface area contributed by atoms with Crippen LogP contribution < -0.4 is 0 Å². The molecule has 0 unspecified atom stereocenters. The van der Waals surface area contributed by atoms with Gasteiger partial charge in [-0.1, -0.05) is 5.57 Å². The largest absolute Gasteiger partial charge is 0.303 e. The molecule has 0 N–H and O–H groups in total. The lowest BCUT2D eigenvalue weighted by atomic mass is 9.99. The number of allylic oxidation sites excluding steroid dienone is 2. The first kappa shape index (κ1) is 8.18. The summed E-state index contributed by atoms with van der Waals surface area (Å²) >= 11 is 0. The Morgan fingerprint density at radius 2 is 2.27 bits per heavy atom. The molecule has 11 heavy (non-hydrogen) atoms. The lowest BCUT2D eigenvalue weighted by Gasteiger charge is -2.04. The zero-order valence-electron chi connectivity index (χ0n) is 6.67. The van der Waals surface area contributed by atoms with Gasteiger partial charge in [-0.15, -0.1) is 0 Å². The zero-order chi connectivity index (χ0) is 8.27. The molecule has 0 radical (unpaired) electrons. The van der Waals surface area contributed by atoms with Crippen molar-refractivity contribution in [2.24, 2.45) is 5.92 Å². The summed E-state index contributed by atoms with van der Waals surface area (Å²) in [6, 6.07) is 0. The van der Waals surface area contributed by atoms with Crippen LogP contribution in [0.5, 0.6) is 0 Å². The molecule has 0 saturated heterocycles. The van der Waals surface area contributed by atoms with Gasteiger partial charge in [0.2, 0.25) is 0 Å². The van der Waals surface area contributed by atoms with Crippen LogP contribution in [0.25, 0.3) is 0 Å². The topological polar surface area (TPSA) is 34.1 Å². The van der Waals surface area contributed by atoms with Crippen molar-refractivity contribution < 1.29 is 9.59 Å². The van der Waals surface area contributed by atoms with Crippen molar-refractivity contribution in [3.05, 3.63) is 11.1 Å². The van der Waals surface area contributed by atoms with Crippen molar-refractivity contribution in [1.29, 1.82) is 0 Å². The molecular weight excluding hydrogens is 140 g/mol. The maximum Gasteiger partial charge on any atom is 0.146 e. The highest BCUT2D eigenvalue weighted by Gasteiger charge is 2.21. The Labute approximate surface area is 66.3 Å². The SMILES string of the molecule is CC1=C(C=O)[C@@H](CC=O)CC1. The Balaban J connectivity index is 2.71. The molecule has 1 aliphatic carbocycles. The molecule has 0 spiro atoms. The van der Waals surface area contributed by atoms with Crippen molar-refractivity contribution in [3.63, 3.8) is 0 Å². The number of hydrogen-bond donors (Lipinski definition) is 0. The van der Waals surface area contributed by atoms with Crippen LogP contribution in [0, 0.1) is 5.92 Å². The van der Waals surface area contributed by atoms with Gasteiger partial charge in [0.25, 0.3) is 0 Å². The average Bonchev–Trinajstić information content (AvgIpc) is 2.33. The van der Waals surface area contributed by atoms with E-state index >= 15 is 0 Å². The molecule has 0 amide bonds. The standard InChI is InChI=1S/C9H12O2/c1-7-2-3-8(4-5-10)9(7)6-11/h5-6,8H,2-4H2,1H3/t8-/m1/s1. The van der Waals surface area contributed by atoms with Crippen LogP contribution in [0.1, 0.15) is 26.2 Å². The Hall–Kier alpha value is -0.920. The third kappa shape index (κ3) is 1.56. The molecule has 1 atom stereocenters. The summed E-state index contributed by atoms with van der Waals surface area (Å²) in [6.45, 7) is 1.97. The van der Waals surface area contributed by atoms with Gasteiger partial charge in [0.05, 0.1) is 0 Å². The molecule has 0 bridgehead atoms. The fraction of sp³-hybridized carbons (Fsp3) is 0.556. The molecule has 0 aliphatic heterocycles. The monoisotopic (exact) mass is 152 g/mol. The fourth-order valence-corrected chi connectivity index (χ4v) is 1.60. The Morgan fingerprint density at radius 3 is 2.82 bits per heavy atom. The lowest BCUT2D eigenvalue weighted by molar-refractivity contribution is -0.108. The first-order chi connectivity index (χ1) is 5.29. The first-order valence-electron chi connectivity index (χ1n) is 3.88. The van der Waals surface area contributed by atoms with E-state index in [9.17, 15) is 9.59 Å². The molecule has 1 aliphatic rings. The molecule has 0 heterocycles. The third-order valence-corrected chi connectivity index (χ3v) is 2.31. The van der Waals surface area contributed by atoms with Crippen LogP contribution in [-0.2, 0) is 9.59 Å². The third-order valence-electron chi connectivity index (χ3n) is 2.31. The number of carbonyl (C=O) groups is 2. The maximum atomic E-state index is 10.5. The summed E-state index contributed by atoms with van der Waals surface area (Å²) in [6.07, 6.45) is 4.25. The van der Waals surface area contributed by atoms with E-state index in [1.54, 1.807) is 0 Å². The van der Waals surface area contributed by atoms with Gasteiger partial charge >= 0.3 is 0 Å². The van der Waals surface area contributed by atoms with Crippen molar-refractivity contribution in [1.82, 2.24) is 0 Å². The van der Waals surface area contributed by atoms with Crippen LogP contribution in [0.3, 0.4) is 0 Å².